The lowest BCUT2D eigenvalue weighted by Gasteiger charge is -2.25. The molecule has 392 valence electrons. The van der Waals surface area contributed by atoms with Gasteiger partial charge in [0.15, 0.2) is 0 Å². The van der Waals surface area contributed by atoms with Crippen molar-refractivity contribution in [1.29, 1.82) is 0 Å². The lowest BCUT2D eigenvalue weighted by Crippen LogP contribution is -2.61. The Morgan fingerprint density at radius 3 is 1.18 bits per heavy atom. The number of amides is 11. The summed E-state index contributed by atoms with van der Waals surface area (Å²) in [6.45, 7) is -4.40. The average Bonchev–Trinajstić information content (AvgIpc) is 3.43. The van der Waals surface area contributed by atoms with Gasteiger partial charge in [0.05, 0.1) is 71.2 Å². The molecule has 29 heteroatoms. The average molecular weight is 1040 g/mol. The third kappa shape index (κ3) is 14.3. The first-order valence-corrected chi connectivity index (χ1v) is 23.1. The van der Waals surface area contributed by atoms with Gasteiger partial charge in [0.2, 0.25) is 47.3 Å². The van der Waals surface area contributed by atoms with Crippen LogP contribution in [0.2, 0.25) is 0 Å². The maximum absolute atomic E-state index is 14.2. The molecule has 0 saturated carbocycles. The monoisotopic (exact) mass is 1040 g/mol. The Bertz CT molecular complexity index is 3270. The van der Waals surface area contributed by atoms with Crippen molar-refractivity contribution in [3.05, 3.63) is 108 Å². The van der Waals surface area contributed by atoms with E-state index in [0.717, 1.165) is 0 Å². The Hall–Kier alpha value is -10.2. The molecule has 0 aliphatic carbocycles. The standard InChI is InChI=1S/C47H48N18O11/c48-14-30-41(70)56-21-38(67)63-36(20-55-44(73)33-17-52-25-9-3-6-12-28(25)60-33)47(76)65-34(18-53-42(71)31-15-50-23-7-1-4-10-26(23)58-31)45(74)57-22-39(68)62-35(46(75)64-29(40(49)69)13-37(66)61-30)19-54-43(72)32-16-51-24-8-2-5-11-27(24)59-32/h1-12,15-17,29-30,34-36H,13-14,18-22,48H2,(H2,49,69)(H,53,71)(H,54,72)(H,55,73)(H,56,70)(H,57,74)(H,61,66)(H,62,68)(H,63,67)(H,64,75)(H,65,76)/t29-,30?,34?,35?,36?/m0/s1. The number of nitrogens with zero attached hydrogens (tertiary/aromatic N) is 6. The SMILES string of the molecule is NCC1NC(=O)C[C@@H](C(N)=O)NC(=O)C(CNC(=O)c2cnc3ccccc3n2)NC(=O)CNC(=O)C(CNC(=O)c2cnc3ccccc3n2)NC(=O)C(CNC(=O)c2cnc3ccccc3n2)NC(=O)CNC1=O. The van der Waals surface area contributed by atoms with Crippen molar-refractivity contribution in [3.8, 4) is 0 Å². The summed E-state index contributed by atoms with van der Waals surface area (Å²) in [5.74, 6) is -11.4. The molecule has 5 atom stereocenters. The molecular weight excluding hydrogens is 993 g/mol. The van der Waals surface area contributed by atoms with Gasteiger partial charge in [-0.3, -0.25) is 67.7 Å². The second-order valence-corrected chi connectivity index (χ2v) is 16.6. The number of nitrogens with two attached hydrogens (primary N) is 2. The third-order valence-corrected chi connectivity index (χ3v) is 11.2. The number of primary amides is 1. The number of aromatic nitrogens is 6. The van der Waals surface area contributed by atoms with Crippen molar-refractivity contribution in [2.45, 2.75) is 36.6 Å². The molecule has 7 rings (SSSR count). The summed E-state index contributed by atoms with van der Waals surface area (Å²) in [4.78, 5) is 174. The number of para-hydroxylation sites is 6. The van der Waals surface area contributed by atoms with Crippen LogP contribution in [0.15, 0.2) is 91.4 Å². The summed E-state index contributed by atoms with van der Waals surface area (Å²) < 4.78 is 0. The minimum atomic E-state index is -1.79. The number of hydrogen-bond acceptors (Lipinski definition) is 18. The van der Waals surface area contributed by atoms with Gasteiger partial charge in [-0.15, -0.1) is 0 Å². The Labute approximate surface area is 428 Å². The van der Waals surface area contributed by atoms with Gasteiger partial charge < -0.3 is 64.6 Å². The fourth-order valence-corrected chi connectivity index (χ4v) is 7.19. The second kappa shape index (κ2) is 25.0. The molecule has 76 heavy (non-hydrogen) atoms. The van der Waals surface area contributed by atoms with Crippen molar-refractivity contribution in [2.24, 2.45) is 11.5 Å². The van der Waals surface area contributed by atoms with E-state index in [1.165, 1.54) is 18.6 Å². The van der Waals surface area contributed by atoms with E-state index in [-0.39, 0.29) is 17.1 Å². The van der Waals surface area contributed by atoms with Crippen LogP contribution in [0.3, 0.4) is 0 Å². The Morgan fingerprint density at radius 2 is 0.803 bits per heavy atom. The van der Waals surface area contributed by atoms with Crippen LogP contribution in [-0.4, -0.2) is 164 Å². The Kier molecular flexibility index (Phi) is 17.6. The van der Waals surface area contributed by atoms with Gasteiger partial charge in [-0.1, -0.05) is 36.4 Å². The predicted molar refractivity (Wildman–Crippen MR) is 264 cm³/mol. The molecule has 0 spiro atoms. The molecule has 3 aromatic carbocycles. The largest absolute Gasteiger partial charge is 0.368 e. The summed E-state index contributed by atoms with van der Waals surface area (Å²) in [7, 11) is 0. The van der Waals surface area contributed by atoms with E-state index in [0.29, 0.717) is 33.1 Å². The zero-order valence-electron chi connectivity index (χ0n) is 39.8. The van der Waals surface area contributed by atoms with Crippen LogP contribution >= 0.6 is 0 Å². The van der Waals surface area contributed by atoms with E-state index in [1.807, 2.05) is 0 Å². The number of hydrogen-bond donors (Lipinski definition) is 12. The van der Waals surface area contributed by atoms with Gasteiger partial charge in [-0.05, 0) is 36.4 Å². The molecule has 1 saturated heterocycles. The molecule has 29 nitrogen and oxygen atoms in total. The van der Waals surface area contributed by atoms with Crippen LogP contribution in [0.5, 0.6) is 0 Å². The summed E-state index contributed by atoms with van der Waals surface area (Å²) in [5, 5.41) is 23.5. The summed E-state index contributed by atoms with van der Waals surface area (Å²) in [6, 6.07) is 11.3. The fourth-order valence-electron chi connectivity index (χ4n) is 7.19. The highest BCUT2D eigenvalue weighted by molar-refractivity contribution is 6.00. The molecule has 0 radical (unpaired) electrons. The molecule has 14 N–H and O–H groups in total. The number of fused-ring (bicyclic) bond motifs is 3. The van der Waals surface area contributed by atoms with Crippen LogP contribution in [-0.2, 0) is 38.4 Å². The van der Waals surface area contributed by atoms with Crippen LogP contribution in [0.1, 0.15) is 37.9 Å². The second-order valence-electron chi connectivity index (χ2n) is 16.6. The molecule has 6 aromatic rings. The first kappa shape index (κ1) is 53.6. The van der Waals surface area contributed by atoms with Crippen LogP contribution in [0.25, 0.3) is 33.1 Å². The van der Waals surface area contributed by atoms with Gasteiger partial charge in [0.25, 0.3) is 17.7 Å². The first-order chi connectivity index (χ1) is 36.5. The van der Waals surface area contributed by atoms with Gasteiger partial charge >= 0.3 is 0 Å². The van der Waals surface area contributed by atoms with Crippen LogP contribution in [0, 0.1) is 0 Å². The van der Waals surface area contributed by atoms with E-state index in [9.17, 15) is 52.7 Å². The molecule has 4 unspecified atom stereocenters. The topological polar surface area (TPSA) is 437 Å². The van der Waals surface area contributed by atoms with E-state index < -0.39 is 141 Å². The zero-order valence-corrected chi connectivity index (χ0v) is 39.8. The van der Waals surface area contributed by atoms with E-state index in [2.05, 4.69) is 83.1 Å². The smallest absolute Gasteiger partial charge is 0.271 e. The normalized spacial score (nSPS) is 19.4. The van der Waals surface area contributed by atoms with Crippen molar-refractivity contribution < 1.29 is 52.7 Å². The maximum Gasteiger partial charge on any atom is 0.271 e. The van der Waals surface area contributed by atoms with Crippen LogP contribution in [0.4, 0.5) is 0 Å². The van der Waals surface area contributed by atoms with Gasteiger partial charge in [0, 0.05) is 26.2 Å². The molecule has 3 aromatic heterocycles. The quantitative estimate of drug-likeness (QED) is 0.0576. The van der Waals surface area contributed by atoms with Crippen LogP contribution < -0.4 is 64.6 Å². The highest BCUT2D eigenvalue weighted by Gasteiger charge is 2.32. The molecule has 4 heterocycles. The van der Waals surface area contributed by atoms with Crippen molar-refractivity contribution in [2.75, 3.05) is 39.3 Å². The zero-order chi connectivity index (χ0) is 54.3. The predicted octanol–water partition coefficient (Wildman–Crippen LogP) is -5.39. The summed E-state index contributed by atoms with van der Waals surface area (Å²) >= 11 is 0. The van der Waals surface area contributed by atoms with E-state index >= 15 is 0 Å². The molecule has 11 amide bonds. The molecular formula is C47H48N18O11. The van der Waals surface area contributed by atoms with Gasteiger partial charge in [-0.25, -0.2) is 15.0 Å². The number of carbonyl (C=O) groups excluding carboxylic acids is 11. The maximum atomic E-state index is 14.2. The lowest BCUT2D eigenvalue weighted by molar-refractivity contribution is -0.134. The fraction of sp³-hybridized carbons (Fsp3) is 0.255. The number of carbonyl (C=O) groups is 11. The molecule has 1 fully saturated rings. The highest BCUT2D eigenvalue weighted by atomic mass is 16.2. The highest BCUT2D eigenvalue weighted by Crippen LogP contribution is 2.11. The Balaban J connectivity index is 1.15. The number of nitrogens with one attached hydrogen (secondary N) is 10. The lowest BCUT2D eigenvalue weighted by atomic mass is 10.1. The minimum Gasteiger partial charge on any atom is -0.368 e. The van der Waals surface area contributed by atoms with E-state index in [1.54, 1.807) is 72.8 Å². The van der Waals surface area contributed by atoms with E-state index in [4.69, 9.17) is 11.5 Å². The number of rotatable bonds is 11. The number of benzene rings is 3. The van der Waals surface area contributed by atoms with Crippen molar-refractivity contribution in [1.82, 2.24) is 83.1 Å². The molecule has 0 bridgehead atoms. The molecule has 1 aliphatic rings. The summed E-state index contributed by atoms with van der Waals surface area (Å²) in [5.41, 5.74) is 13.3. The van der Waals surface area contributed by atoms with Gasteiger partial charge in [-0.2, -0.15) is 0 Å². The molecule has 1 aliphatic heterocycles. The minimum absolute atomic E-state index is 0.176. The van der Waals surface area contributed by atoms with Crippen molar-refractivity contribution in [3.63, 3.8) is 0 Å². The first-order valence-electron chi connectivity index (χ1n) is 23.1. The summed E-state index contributed by atoms with van der Waals surface area (Å²) in [6.07, 6.45) is 2.64. The van der Waals surface area contributed by atoms with Crippen molar-refractivity contribution >= 4 is 98.1 Å². The van der Waals surface area contributed by atoms with Gasteiger partial charge in [0.1, 0.15) is 47.3 Å². The Morgan fingerprint density at radius 1 is 0.461 bits per heavy atom. The third-order valence-electron chi connectivity index (χ3n) is 11.2.